The summed E-state index contributed by atoms with van der Waals surface area (Å²) in [5, 5.41) is 11.6. The van der Waals surface area contributed by atoms with Gasteiger partial charge in [-0.15, -0.1) is 10.2 Å². The topological polar surface area (TPSA) is 102 Å². The molecule has 9 heteroatoms. The van der Waals surface area contributed by atoms with Crippen molar-refractivity contribution in [3.63, 3.8) is 0 Å². The molecule has 4 saturated carbocycles. The smallest absolute Gasteiger partial charge is 0.277 e. The van der Waals surface area contributed by atoms with E-state index >= 15 is 0 Å². The van der Waals surface area contributed by atoms with Gasteiger partial charge in [0.2, 0.25) is 11.8 Å². The Balaban J connectivity index is 1.16. The lowest BCUT2D eigenvalue weighted by molar-refractivity contribution is -0.124. The molecule has 1 atom stereocenters. The van der Waals surface area contributed by atoms with Crippen molar-refractivity contribution in [2.45, 2.75) is 61.6 Å². The highest BCUT2D eigenvalue weighted by molar-refractivity contribution is 7.99. The molecule has 0 unspecified atom stereocenters. The van der Waals surface area contributed by atoms with Crippen LogP contribution in [0.4, 0.5) is 0 Å². The second kappa shape index (κ2) is 6.47. The number of thioether (sulfide) groups is 1. The predicted molar refractivity (Wildman–Crippen MR) is 100 cm³/mol. The third-order valence-corrected chi connectivity index (χ3v) is 9.36. The van der Waals surface area contributed by atoms with Gasteiger partial charge in [-0.3, -0.25) is 4.79 Å². The van der Waals surface area contributed by atoms with Crippen LogP contribution in [0, 0.1) is 17.8 Å². The minimum Gasteiger partial charge on any atom is -0.416 e. The van der Waals surface area contributed by atoms with Crippen LogP contribution in [0.5, 0.6) is 0 Å². The second-order valence-electron chi connectivity index (χ2n) is 9.04. The van der Waals surface area contributed by atoms with E-state index in [9.17, 15) is 13.2 Å². The molecule has 0 aromatic carbocycles. The number of nitrogens with zero attached hydrogens (tertiary/aromatic N) is 2. The largest absolute Gasteiger partial charge is 0.416 e. The SMILES string of the molecule is O=C(CSc1nnc([C@@H]2CCS(=O)(=O)C2)o1)NC12CC3CC(CC(C3)C1)C2. The molecule has 4 aliphatic carbocycles. The van der Waals surface area contributed by atoms with Gasteiger partial charge in [0.05, 0.1) is 23.2 Å². The minimum absolute atomic E-state index is 0.0185. The average Bonchev–Trinajstić information content (AvgIpc) is 3.17. The van der Waals surface area contributed by atoms with Crippen LogP contribution in [-0.2, 0) is 14.6 Å². The first-order valence-corrected chi connectivity index (χ1v) is 12.7. The van der Waals surface area contributed by atoms with Gasteiger partial charge in [-0.1, -0.05) is 11.8 Å². The van der Waals surface area contributed by atoms with Crippen molar-refractivity contribution in [1.29, 1.82) is 0 Å². The van der Waals surface area contributed by atoms with Crippen molar-refractivity contribution in [3.05, 3.63) is 5.89 Å². The highest BCUT2D eigenvalue weighted by Crippen LogP contribution is 2.55. The zero-order valence-electron chi connectivity index (χ0n) is 15.2. The van der Waals surface area contributed by atoms with Crippen molar-refractivity contribution in [3.8, 4) is 0 Å². The first kappa shape index (κ1) is 18.0. The zero-order valence-corrected chi connectivity index (χ0v) is 16.9. The molecule has 6 rings (SSSR count). The van der Waals surface area contributed by atoms with Gasteiger partial charge in [0.25, 0.3) is 5.22 Å². The fraction of sp³-hybridized carbons (Fsp3) is 0.833. The maximum atomic E-state index is 12.5. The second-order valence-corrected chi connectivity index (χ2v) is 12.2. The molecule has 2 heterocycles. The highest BCUT2D eigenvalue weighted by Gasteiger charge is 2.51. The van der Waals surface area contributed by atoms with Crippen LogP contribution in [0.15, 0.2) is 9.64 Å². The quantitative estimate of drug-likeness (QED) is 0.741. The number of sulfone groups is 1. The number of carbonyl (C=O) groups is 1. The van der Waals surface area contributed by atoms with Gasteiger partial charge >= 0.3 is 0 Å². The third kappa shape index (κ3) is 3.64. The highest BCUT2D eigenvalue weighted by atomic mass is 32.2. The summed E-state index contributed by atoms with van der Waals surface area (Å²) >= 11 is 1.23. The molecule has 1 amide bonds. The maximum absolute atomic E-state index is 12.5. The predicted octanol–water partition coefficient (Wildman–Crippen LogP) is 2.15. The lowest BCUT2D eigenvalue weighted by atomic mass is 9.53. The molecule has 4 bridgehead atoms. The van der Waals surface area contributed by atoms with E-state index in [0.717, 1.165) is 37.0 Å². The maximum Gasteiger partial charge on any atom is 0.277 e. The van der Waals surface area contributed by atoms with Gasteiger partial charge in [-0.25, -0.2) is 8.42 Å². The van der Waals surface area contributed by atoms with Crippen molar-refractivity contribution >= 4 is 27.5 Å². The minimum atomic E-state index is -2.99. The molecular weight excluding hydrogens is 386 g/mol. The molecule has 1 aromatic rings. The van der Waals surface area contributed by atoms with Crippen molar-refractivity contribution in [2.24, 2.45) is 17.8 Å². The van der Waals surface area contributed by atoms with Crippen LogP contribution in [-0.4, -0.2) is 47.3 Å². The Morgan fingerprint density at radius 1 is 1.15 bits per heavy atom. The lowest BCUT2D eigenvalue weighted by Gasteiger charge is -2.56. The fourth-order valence-electron chi connectivity index (χ4n) is 6.16. The summed E-state index contributed by atoms with van der Waals surface area (Å²) < 4.78 is 28.8. The van der Waals surface area contributed by atoms with Gasteiger partial charge in [0, 0.05) is 5.54 Å². The van der Waals surface area contributed by atoms with Crippen LogP contribution < -0.4 is 5.32 Å². The van der Waals surface area contributed by atoms with Gasteiger partial charge in [0.1, 0.15) is 0 Å². The van der Waals surface area contributed by atoms with E-state index in [1.54, 1.807) is 0 Å². The zero-order chi connectivity index (χ0) is 18.6. The van der Waals surface area contributed by atoms with Crippen molar-refractivity contribution in [2.75, 3.05) is 17.3 Å². The van der Waals surface area contributed by atoms with E-state index in [2.05, 4.69) is 15.5 Å². The summed E-state index contributed by atoms with van der Waals surface area (Å²) in [6.45, 7) is 0. The fourth-order valence-corrected chi connectivity index (χ4v) is 8.46. The number of hydrogen-bond donors (Lipinski definition) is 1. The molecule has 1 saturated heterocycles. The monoisotopic (exact) mass is 411 g/mol. The normalized spacial score (nSPS) is 39.0. The van der Waals surface area contributed by atoms with E-state index in [1.807, 2.05) is 0 Å². The number of aromatic nitrogens is 2. The summed E-state index contributed by atoms with van der Waals surface area (Å²) in [5.74, 6) is 3.10. The molecular formula is C18H25N3O4S2. The van der Waals surface area contributed by atoms with Crippen LogP contribution >= 0.6 is 11.8 Å². The van der Waals surface area contributed by atoms with Crippen LogP contribution in [0.2, 0.25) is 0 Å². The molecule has 0 spiro atoms. The molecule has 148 valence electrons. The molecule has 5 aliphatic rings. The Morgan fingerprint density at radius 2 is 1.81 bits per heavy atom. The van der Waals surface area contributed by atoms with Crippen LogP contribution in [0.1, 0.15) is 56.8 Å². The van der Waals surface area contributed by atoms with E-state index in [1.165, 1.54) is 31.0 Å². The summed E-state index contributed by atoms with van der Waals surface area (Å²) in [6.07, 6.45) is 7.99. The van der Waals surface area contributed by atoms with E-state index in [-0.39, 0.29) is 34.6 Å². The first-order chi connectivity index (χ1) is 12.9. The average molecular weight is 412 g/mol. The van der Waals surface area contributed by atoms with E-state index in [0.29, 0.717) is 17.5 Å². The lowest BCUT2D eigenvalue weighted by Crippen LogP contribution is -2.60. The number of rotatable bonds is 5. The van der Waals surface area contributed by atoms with Crippen LogP contribution in [0.3, 0.4) is 0 Å². The molecule has 1 aromatic heterocycles. The van der Waals surface area contributed by atoms with Gasteiger partial charge < -0.3 is 9.73 Å². The molecule has 0 radical (unpaired) electrons. The third-order valence-electron chi connectivity index (χ3n) is 6.77. The Bertz CT molecular complexity index is 815. The van der Waals surface area contributed by atoms with Gasteiger partial charge in [-0.05, 0) is 62.7 Å². The summed E-state index contributed by atoms with van der Waals surface area (Å²) in [5.41, 5.74) is 0.0185. The van der Waals surface area contributed by atoms with Crippen molar-refractivity contribution in [1.82, 2.24) is 15.5 Å². The number of carbonyl (C=O) groups excluding carboxylic acids is 1. The molecule has 27 heavy (non-hydrogen) atoms. The Labute approximate surface area is 163 Å². The number of hydrogen-bond acceptors (Lipinski definition) is 7. The summed E-state index contributed by atoms with van der Waals surface area (Å²) in [6, 6.07) is 0. The molecule has 5 fully saturated rings. The summed E-state index contributed by atoms with van der Waals surface area (Å²) in [4.78, 5) is 12.5. The van der Waals surface area contributed by atoms with E-state index in [4.69, 9.17) is 4.42 Å². The number of amides is 1. The van der Waals surface area contributed by atoms with Crippen LogP contribution in [0.25, 0.3) is 0 Å². The first-order valence-electron chi connectivity index (χ1n) is 9.86. The Hall–Kier alpha value is -1.09. The van der Waals surface area contributed by atoms with Crippen molar-refractivity contribution < 1.29 is 17.6 Å². The van der Waals surface area contributed by atoms with Gasteiger partial charge in [-0.2, -0.15) is 0 Å². The Morgan fingerprint density at radius 3 is 2.41 bits per heavy atom. The standard InChI is InChI=1S/C18H25N3O4S2/c22-15(19-18-6-11-3-12(7-18)5-13(4-11)8-18)9-26-17-21-20-16(25-17)14-1-2-27(23,24)10-14/h11-14H,1-10H2,(H,19,22)/t11?,12?,13?,14-,18?/m1/s1. The molecule has 1 N–H and O–H groups in total. The van der Waals surface area contributed by atoms with E-state index < -0.39 is 9.84 Å². The molecule has 1 aliphatic heterocycles. The molecule has 7 nitrogen and oxygen atoms in total. The van der Waals surface area contributed by atoms with Gasteiger partial charge in [0.15, 0.2) is 9.84 Å². The Kier molecular flexibility index (Phi) is 4.31. The summed E-state index contributed by atoms with van der Waals surface area (Å²) in [7, 11) is -2.99. The number of nitrogens with one attached hydrogen (secondary N) is 1.